The van der Waals surface area contributed by atoms with E-state index in [2.05, 4.69) is 92.9 Å². The first kappa shape index (κ1) is 35.6. The van der Waals surface area contributed by atoms with Gasteiger partial charge in [0.05, 0.1) is 36.2 Å². The Labute approximate surface area is 307 Å². The monoisotopic (exact) mass is 789 g/mol. The Hall–Kier alpha value is -4.22. The zero-order valence-electron chi connectivity index (χ0n) is 28.8. The van der Waals surface area contributed by atoms with Crippen molar-refractivity contribution < 1.29 is 19.4 Å². The van der Waals surface area contributed by atoms with Gasteiger partial charge in [-0.1, -0.05) is 43.5 Å². The number of fused-ring (bicyclic) bond motifs is 2. The zero-order valence-corrected chi connectivity index (χ0v) is 30.9. The summed E-state index contributed by atoms with van der Waals surface area (Å²) in [6, 6.07) is 15.0. The van der Waals surface area contributed by atoms with Crippen LogP contribution in [-0.2, 0) is 22.6 Å². The molecular weight excluding hydrogens is 745 g/mol. The summed E-state index contributed by atoms with van der Waals surface area (Å²) in [5.41, 5.74) is 3.30. The molecule has 12 heteroatoms. The lowest BCUT2D eigenvalue weighted by atomic mass is 9.93. The van der Waals surface area contributed by atoms with Gasteiger partial charge in [0.15, 0.2) is 0 Å². The van der Waals surface area contributed by atoms with E-state index in [9.17, 15) is 20.0 Å². The molecule has 3 aromatic rings. The number of amides is 1. The molecular formula is C38H44IN7O4. The maximum absolute atomic E-state index is 12.7. The highest BCUT2D eigenvalue weighted by molar-refractivity contribution is 14.1. The molecule has 0 bridgehead atoms. The summed E-state index contributed by atoms with van der Waals surface area (Å²) in [4.78, 5) is 43.0. The van der Waals surface area contributed by atoms with Crippen LogP contribution >= 0.6 is 22.6 Å². The number of benzene rings is 2. The summed E-state index contributed by atoms with van der Waals surface area (Å²) in [7, 11) is 0. The van der Waals surface area contributed by atoms with Crippen molar-refractivity contribution in [2.24, 2.45) is 5.41 Å². The fourth-order valence-corrected chi connectivity index (χ4v) is 7.95. The predicted octanol–water partition coefficient (Wildman–Crippen LogP) is 5.67. The largest absolute Gasteiger partial charge is 0.481 e. The van der Waals surface area contributed by atoms with E-state index in [4.69, 9.17) is 14.7 Å². The van der Waals surface area contributed by atoms with Crippen LogP contribution in [0.5, 0.6) is 6.01 Å². The number of carboxylic acid groups (broad SMARTS) is 1. The van der Waals surface area contributed by atoms with E-state index in [1.807, 2.05) is 0 Å². The Morgan fingerprint density at radius 1 is 1.12 bits per heavy atom. The number of likely N-dealkylation sites (tertiary alicyclic amines) is 1. The van der Waals surface area contributed by atoms with E-state index in [1.165, 1.54) is 6.08 Å². The van der Waals surface area contributed by atoms with Crippen molar-refractivity contribution in [3.05, 3.63) is 72.5 Å². The molecule has 0 saturated carbocycles. The number of rotatable bonds is 11. The third-order valence-electron chi connectivity index (χ3n) is 10.2. The summed E-state index contributed by atoms with van der Waals surface area (Å²) < 4.78 is 7.39. The second kappa shape index (κ2) is 14.9. The molecule has 50 heavy (non-hydrogen) atoms. The van der Waals surface area contributed by atoms with Crippen LogP contribution in [0.1, 0.15) is 49.9 Å². The number of carboxylic acids is 1. The number of nitrogens with zero attached hydrogens (tertiary/aromatic N) is 7. The van der Waals surface area contributed by atoms with Crippen molar-refractivity contribution >= 4 is 60.3 Å². The molecule has 262 valence electrons. The second-order valence-corrected chi connectivity index (χ2v) is 15.3. The molecule has 3 aliphatic heterocycles. The molecule has 2 fully saturated rings. The minimum atomic E-state index is -0.873. The molecule has 0 spiro atoms. The second-order valence-electron chi connectivity index (χ2n) is 14.0. The van der Waals surface area contributed by atoms with Crippen molar-refractivity contribution in [3.63, 3.8) is 0 Å². The van der Waals surface area contributed by atoms with E-state index in [1.54, 1.807) is 18.7 Å². The number of halogens is 1. The number of hydrogen-bond acceptors (Lipinski definition) is 9. The molecule has 0 radical (unpaired) electrons. The summed E-state index contributed by atoms with van der Waals surface area (Å²) in [6.07, 6.45) is 4.10. The normalized spacial score (nSPS) is 19.6. The Bertz CT molecular complexity index is 1850. The molecule has 1 amide bonds. The lowest BCUT2D eigenvalue weighted by molar-refractivity contribution is -0.148. The molecule has 2 aromatic carbocycles. The van der Waals surface area contributed by atoms with Gasteiger partial charge >= 0.3 is 12.0 Å². The van der Waals surface area contributed by atoms with Gasteiger partial charge in [-0.3, -0.25) is 14.5 Å². The predicted molar refractivity (Wildman–Crippen MR) is 203 cm³/mol. The highest BCUT2D eigenvalue weighted by atomic mass is 127. The van der Waals surface area contributed by atoms with Crippen LogP contribution in [0.15, 0.2) is 55.6 Å². The SMILES string of the molecule is C=CC(=O)N1CCN(c2nc(OC[C@@H]3CCCN3CC(C)(C)C(=O)O)nc3c2CCN(c2cccc4cccc(C(=C)I)c24)C3)C[C@@H]1CC#N. The lowest BCUT2D eigenvalue weighted by Gasteiger charge is -2.42. The van der Waals surface area contributed by atoms with Crippen molar-refractivity contribution in [2.75, 3.05) is 55.7 Å². The number of anilines is 2. The quantitative estimate of drug-likeness (QED) is 0.192. The fourth-order valence-electron chi connectivity index (χ4n) is 7.50. The van der Waals surface area contributed by atoms with E-state index >= 15 is 0 Å². The van der Waals surface area contributed by atoms with Crippen LogP contribution in [0.25, 0.3) is 14.4 Å². The van der Waals surface area contributed by atoms with Gasteiger partial charge in [0.1, 0.15) is 12.4 Å². The smallest absolute Gasteiger partial charge is 0.318 e. The molecule has 4 heterocycles. The van der Waals surface area contributed by atoms with Gasteiger partial charge in [-0.05, 0) is 85.3 Å². The number of carbonyl (C=O) groups excluding carboxylic acids is 1. The molecule has 1 aromatic heterocycles. The van der Waals surface area contributed by atoms with Gasteiger partial charge in [0.2, 0.25) is 5.91 Å². The maximum atomic E-state index is 12.7. The summed E-state index contributed by atoms with van der Waals surface area (Å²) >= 11 is 2.29. The van der Waals surface area contributed by atoms with Crippen LogP contribution < -0.4 is 14.5 Å². The summed E-state index contributed by atoms with van der Waals surface area (Å²) in [6.45, 7) is 15.8. The fraction of sp³-hybridized carbons (Fsp3) is 0.447. The molecule has 3 aliphatic rings. The van der Waals surface area contributed by atoms with Crippen LogP contribution in [0.4, 0.5) is 11.5 Å². The molecule has 0 unspecified atom stereocenters. The molecule has 2 atom stereocenters. The van der Waals surface area contributed by atoms with E-state index in [0.717, 1.165) is 68.6 Å². The standard InChI is InChI=1S/C38H44IN7O4/c1-5-33(47)46-20-19-44(21-27(46)14-16-40)35-30-15-18-43(32-13-7-10-26-9-6-12-29(25(2)39)34(26)32)22-31(30)41-37(42-35)50-23-28-11-8-17-45(28)24-38(3,4)36(48)49/h5-7,9-10,12-13,27-28H,1-2,8,11,14-15,17-24H2,3-4H3,(H,48,49)/t27-,28-/m0/s1. The minimum Gasteiger partial charge on any atom is -0.481 e. The van der Waals surface area contributed by atoms with Gasteiger partial charge in [0.25, 0.3) is 0 Å². The van der Waals surface area contributed by atoms with Crippen LogP contribution in [0.2, 0.25) is 0 Å². The van der Waals surface area contributed by atoms with Crippen molar-refractivity contribution in [1.29, 1.82) is 5.26 Å². The molecule has 6 rings (SSSR count). The number of aromatic nitrogens is 2. The lowest BCUT2D eigenvalue weighted by Crippen LogP contribution is -2.55. The van der Waals surface area contributed by atoms with Crippen LogP contribution in [0, 0.1) is 16.7 Å². The average Bonchev–Trinajstić information content (AvgIpc) is 3.55. The number of hydrogen-bond donors (Lipinski definition) is 1. The first-order chi connectivity index (χ1) is 24.0. The molecule has 1 N–H and O–H groups in total. The Morgan fingerprint density at radius 3 is 2.62 bits per heavy atom. The minimum absolute atomic E-state index is 0.0529. The first-order valence-electron chi connectivity index (χ1n) is 17.2. The number of piperazine rings is 1. The van der Waals surface area contributed by atoms with E-state index in [-0.39, 0.29) is 30.4 Å². The molecule has 2 saturated heterocycles. The number of aliphatic carboxylic acids is 1. The van der Waals surface area contributed by atoms with Crippen LogP contribution in [0.3, 0.4) is 0 Å². The van der Waals surface area contributed by atoms with Crippen molar-refractivity contribution in [1.82, 2.24) is 19.8 Å². The highest BCUT2D eigenvalue weighted by Gasteiger charge is 2.36. The molecule has 0 aliphatic carbocycles. The Balaban J connectivity index is 1.33. The number of ether oxygens (including phenoxy) is 1. The third kappa shape index (κ3) is 7.30. The topological polar surface area (TPSA) is 126 Å². The summed E-state index contributed by atoms with van der Waals surface area (Å²) in [5.74, 6) is -0.208. The van der Waals surface area contributed by atoms with Gasteiger partial charge in [-0.15, -0.1) is 0 Å². The zero-order chi connectivity index (χ0) is 35.6. The van der Waals surface area contributed by atoms with Crippen LogP contribution in [-0.4, -0.2) is 94.7 Å². The van der Waals surface area contributed by atoms with Crippen molar-refractivity contribution in [3.8, 4) is 12.1 Å². The Kier molecular flexibility index (Phi) is 10.6. The molecule has 11 nitrogen and oxygen atoms in total. The van der Waals surface area contributed by atoms with Gasteiger partial charge in [0, 0.05) is 59.0 Å². The Morgan fingerprint density at radius 2 is 1.90 bits per heavy atom. The first-order valence-corrected chi connectivity index (χ1v) is 18.2. The number of carbonyl (C=O) groups is 2. The maximum Gasteiger partial charge on any atom is 0.318 e. The van der Waals surface area contributed by atoms with E-state index in [0.29, 0.717) is 45.8 Å². The van der Waals surface area contributed by atoms with Gasteiger partial charge < -0.3 is 24.5 Å². The average molecular weight is 790 g/mol. The number of nitriles is 1. The van der Waals surface area contributed by atoms with E-state index < -0.39 is 11.4 Å². The van der Waals surface area contributed by atoms with Gasteiger partial charge in [-0.2, -0.15) is 15.2 Å². The third-order valence-corrected chi connectivity index (χ3v) is 10.8. The van der Waals surface area contributed by atoms with Gasteiger partial charge in [-0.25, -0.2) is 0 Å². The van der Waals surface area contributed by atoms with Crippen molar-refractivity contribution in [2.45, 2.75) is 58.2 Å². The highest BCUT2D eigenvalue weighted by Crippen LogP contribution is 2.38. The summed E-state index contributed by atoms with van der Waals surface area (Å²) in [5, 5.41) is 21.7.